The van der Waals surface area contributed by atoms with Crippen molar-refractivity contribution in [1.82, 2.24) is 10.3 Å². The summed E-state index contributed by atoms with van der Waals surface area (Å²) in [4.78, 5) is 16.1. The van der Waals surface area contributed by atoms with E-state index in [1.165, 1.54) is 0 Å². The number of aromatic nitrogens is 1. The van der Waals surface area contributed by atoms with Gasteiger partial charge in [-0.15, -0.1) is 0 Å². The van der Waals surface area contributed by atoms with Crippen molar-refractivity contribution < 1.29 is 9.53 Å². The van der Waals surface area contributed by atoms with E-state index in [4.69, 9.17) is 4.74 Å². The van der Waals surface area contributed by atoms with Crippen LogP contribution >= 0.6 is 0 Å². The van der Waals surface area contributed by atoms with Crippen LogP contribution in [-0.4, -0.2) is 24.0 Å². The lowest BCUT2D eigenvalue weighted by Gasteiger charge is -2.04. The smallest absolute Gasteiger partial charge is 0.252 e. The third-order valence-electron chi connectivity index (χ3n) is 3.05. The summed E-state index contributed by atoms with van der Waals surface area (Å²) in [5.41, 5.74) is 2.56. The third kappa shape index (κ3) is 4.64. The Labute approximate surface area is 130 Å². The quantitative estimate of drug-likeness (QED) is 0.882. The molecule has 0 aliphatic heterocycles. The molecule has 2 rings (SSSR count). The maximum Gasteiger partial charge on any atom is 0.252 e. The number of pyridine rings is 1. The second kappa shape index (κ2) is 7.84. The van der Waals surface area contributed by atoms with Crippen molar-refractivity contribution in [1.29, 1.82) is 0 Å². The Kier molecular flexibility index (Phi) is 5.56. The number of rotatable bonds is 4. The normalized spacial score (nSPS) is 9.55. The number of ether oxygens (including phenoxy) is 1. The highest BCUT2D eigenvalue weighted by atomic mass is 16.5. The summed E-state index contributed by atoms with van der Waals surface area (Å²) in [7, 11) is 0. The summed E-state index contributed by atoms with van der Waals surface area (Å²) in [5, 5.41) is 2.77. The maximum absolute atomic E-state index is 11.9. The first-order chi connectivity index (χ1) is 10.7. The van der Waals surface area contributed by atoms with Crippen molar-refractivity contribution in [2.75, 3.05) is 13.2 Å². The van der Waals surface area contributed by atoms with E-state index < -0.39 is 0 Å². The Morgan fingerprint density at radius 3 is 2.73 bits per heavy atom. The molecule has 0 unspecified atom stereocenters. The SMILES string of the molecule is Cc1ccc(OCC#CCNC(=O)c2ccccc2C)cn1. The monoisotopic (exact) mass is 294 g/mol. The highest BCUT2D eigenvalue weighted by molar-refractivity contribution is 5.95. The van der Waals surface area contributed by atoms with E-state index in [2.05, 4.69) is 22.1 Å². The number of carbonyl (C=O) groups excluding carboxylic acids is 1. The number of aryl methyl sites for hydroxylation is 2. The Morgan fingerprint density at radius 2 is 2.00 bits per heavy atom. The molecule has 1 N–H and O–H groups in total. The van der Waals surface area contributed by atoms with Gasteiger partial charge in [0.15, 0.2) is 0 Å². The summed E-state index contributed by atoms with van der Waals surface area (Å²) in [6.45, 7) is 4.39. The van der Waals surface area contributed by atoms with Crippen LogP contribution in [0.15, 0.2) is 42.6 Å². The van der Waals surface area contributed by atoms with E-state index in [1.807, 2.05) is 44.2 Å². The highest BCUT2D eigenvalue weighted by Gasteiger charge is 2.05. The first-order valence-corrected chi connectivity index (χ1v) is 7.02. The standard InChI is InChI=1S/C18H18N2O2/c1-14-7-3-4-8-17(14)18(21)19-11-5-6-12-22-16-10-9-15(2)20-13-16/h3-4,7-10,13H,11-12H2,1-2H3,(H,19,21). The molecule has 0 spiro atoms. The largest absolute Gasteiger partial charge is 0.479 e. The molecule has 1 heterocycles. The first-order valence-electron chi connectivity index (χ1n) is 7.02. The van der Waals surface area contributed by atoms with Crippen LogP contribution < -0.4 is 10.1 Å². The molecule has 0 fully saturated rings. The molecule has 4 heteroatoms. The zero-order valence-electron chi connectivity index (χ0n) is 12.7. The molecule has 0 saturated carbocycles. The van der Waals surface area contributed by atoms with Gasteiger partial charge in [0.05, 0.1) is 12.7 Å². The van der Waals surface area contributed by atoms with Crippen LogP contribution in [0.3, 0.4) is 0 Å². The van der Waals surface area contributed by atoms with Crippen molar-refractivity contribution in [3.63, 3.8) is 0 Å². The van der Waals surface area contributed by atoms with Gasteiger partial charge in [0.25, 0.3) is 5.91 Å². The minimum atomic E-state index is -0.115. The molecule has 0 bridgehead atoms. The van der Waals surface area contributed by atoms with Crippen molar-refractivity contribution in [2.45, 2.75) is 13.8 Å². The Morgan fingerprint density at radius 1 is 1.18 bits per heavy atom. The Balaban J connectivity index is 1.74. The predicted molar refractivity (Wildman–Crippen MR) is 85.8 cm³/mol. The lowest BCUT2D eigenvalue weighted by molar-refractivity contribution is 0.0958. The van der Waals surface area contributed by atoms with Crippen LogP contribution in [0.1, 0.15) is 21.6 Å². The molecular formula is C18H18N2O2. The molecule has 0 aliphatic carbocycles. The van der Waals surface area contributed by atoms with Crippen LogP contribution in [0, 0.1) is 25.7 Å². The van der Waals surface area contributed by atoms with Gasteiger partial charge in [-0.3, -0.25) is 9.78 Å². The maximum atomic E-state index is 11.9. The molecule has 22 heavy (non-hydrogen) atoms. The first kappa shape index (κ1) is 15.6. The summed E-state index contributed by atoms with van der Waals surface area (Å²) in [6.07, 6.45) is 1.66. The molecule has 4 nitrogen and oxygen atoms in total. The number of carbonyl (C=O) groups is 1. The second-order valence-electron chi connectivity index (χ2n) is 4.78. The summed E-state index contributed by atoms with van der Waals surface area (Å²) in [6, 6.07) is 11.2. The van der Waals surface area contributed by atoms with E-state index in [0.29, 0.717) is 17.9 Å². The number of hydrogen-bond acceptors (Lipinski definition) is 3. The van der Waals surface area contributed by atoms with E-state index >= 15 is 0 Å². The van der Waals surface area contributed by atoms with E-state index in [9.17, 15) is 4.79 Å². The van der Waals surface area contributed by atoms with E-state index in [0.717, 1.165) is 11.3 Å². The molecule has 1 amide bonds. The van der Waals surface area contributed by atoms with Crippen LogP contribution in [0.4, 0.5) is 0 Å². The molecule has 1 aromatic carbocycles. The average molecular weight is 294 g/mol. The van der Waals surface area contributed by atoms with E-state index in [-0.39, 0.29) is 12.5 Å². The lowest BCUT2D eigenvalue weighted by Crippen LogP contribution is -2.24. The molecule has 0 radical (unpaired) electrons. The number of nitrogens with zero attached hydrogens (tertiary/aromatic N) is 1. The number of hydrogen-bond donors (Lipinski definition) is 1. The summed E-state index contributed by atoms with van der Waals surface area (Å²) >= 11 is 0. The molecule has 0 aliphatic rings. The van der Waals surface area contributed by atoms with Crippen LogP contribution in [0.25, 0.3) is 0 Å². The Hall–Kier alpha value is -2.80. The lowest BCUT2D eigenvalue weighted by atomic mass is 10.1. The second-order valence-corrected chi connectivity index (χ2v) is 4.78. The van der Waals surface area contributed by atoms with Gasteiger partial charge in [0.2, 0.25) is 0 Å². The minimum Gasteiger partial charge on any atom is -0.479 e. The number of benzene rings is 1. The van der Waals surface area contributed by atoms with Crippen molar-refractivity contribution in [3.05, 3.63) is 59.4 Å². The Bertz CT molecular complexity index is 697. The van der Waals surface area contributed by atoms with Gasteiger partial charge >= 0.3 is 0 Å². The van der Waals surface area contributed by atoms with Gasteiger partial charge in [-0.2, -0.15) is 0 Å². The van der Waals surface area contributed by atoms with Crippen molar-refractivity contribution in [3.8, 4) is 17.6 Å². The molecule has 0 saturated heterocycles. The third-order valence-corrected chi connectivity index (χ3v) is 3.05. The fourth-order valence-electron chi connectivity index (χ4n) is 1.82. The van der Waals surface area contributed by atoms with Crippen LogP contribution in [0.5, 0.6) is 5.75 Å². The van der Waals surface area contributed by atoms with Gasteiger partial charge in [0.1, 0.15) is 12.4 Å². The van der Waals surface area contributed by atoms with Crippen LogP contribution in [0.2, 0.25) is 0 Å². The van der Waals surface area contributed by atoms with E-state index in [1.54, 1.807) is 12.3 Å². The zero-order chi connectivity index (χ0) is 15.8. The van der Waals surface area contributed by atoms with Gasteiger partial charge in [0, 0.05) is 11.3 Å². The highest BCUT2D eigenvalue weighted by Crippen LogP contribution is 2.08. The number of nitrogens with one attached hydrogen (secondary N) is 1. The van der Waals surface area contributed by atoms with Gasteiger partial charge in [-0.1, -0.05) is 30.0 Å². The molecule has 1 aromatic heterocycles. The fourth-order valence-corrected chi connectivity index (χ4v) is 1.82. The van der Waals surface area contributed by atoms with Crippen LogP contribution in [-0.2, 0) is 0 Å². The topological polar surface area (TPSA) is 51.2 Å². The van der Waals surface area contributed by atoms with Gasteiger partial charge < -0.3 is 10.1 Å². The molecule has 112 valence electrons. The molecular weight excluding hydrogens is 276 g/mol. The summed E-state index contributed by atoms with van der Waals surface area (Å²) in [5.74, 6) is 6.28. The molecule has 2 aromatic rings. The molecule has 0 atom stereocenters. The van der Waals surface area contributed by atoms with Crippen molar-refractivity contribution >= 4 is 5.91 Å². The fraction of sp³-hybridized carbons (Fsp3) is 0.222. The minimum absolute atomic E-state index is 0.115. The zero-order valence-corrected chi connectivity index (χ0v) is 12.7. The predicted octanol–water partition coefficient (Wildman–Crippen LogP) is 2.51. The van der Waals surface area contributed by atoms with Gasteiger partial charge in [-0.25, -0.2) is 0 Å². The van der Waals surface area contributed by atoms with Gasteiger partial charge in [-0.05, 0) is 37.6 Å². The van der Waals surface area contributed by atoms with Crippen molar-refractivity contribution in [2.24, 2.45) is 0 Å². The summed E-state index contributed by atoms with van der Waals surface area (Å²) < 4.78 is 5.42. The number of amides is 1. The average Bonchev–Trinajstić information content (AvgIpc) is 2.52.